The zero-order chi connectivity index (χ0) is 20.9. The van der Waals surface area contributed by atoms with Crippen LogP contribution in [0, 0.1) is 5.92 Å². The number of nitrogens with zero attached hydrogens (tertiary/aromatic N) is 3. The van der Waals surface area contributed by atoms with Gasteiger partial charge < -0.3 is 15.2 Å². The summed E-state index contributed by atoms with van der Waals surface area (Å²) in [5, 5.41) is 11.7. The van der Waals surface area contributed by atoms with E-state index in [4.69, 9.17) is 4.52 Å². The van der Waals surface area contributed by atoms with Crippen molar-refractivity contribution in [3.63, 3.8) is 0 Å². The molecule has 1 aromatic carbocycles. The number of carbonyl (C=O) groups is 2. The molecular weight excluding hydrogens is 402 g/mol. The Morgan fingerprint density at radius 3 is 2.83 bits per heavy atom. The number of hydrogen-bond donors (Lipinski definition) is 2. The summed E-state index contributed by atoms with van der Waals surface area (Å²) in [6.07, 6.45) is 1.76. The van der Waals surface area contributed by atoms with Crippen LogP contribution in [0.15, 0.2) is 46.3 Å². The van der Waals surface area contributed by atoms with Gasteiger partial charge in [-0.15, -0.1) is 11.3 Å². The highest BCUT2D eigenvalue weighted by Crippen LogP contribution is 2.24. The lowest BCUT2D eigenvalue weighted by atomic mass is 9.97. The first-order chi connectivity index (χ1) is 14.6. The van der Waals surface area contributed by atoms with Crippen LogP contribution in [0.5, 0.6) is 0 Å². The average molecular weight is 426 g/mol. The fraction of sp³-hybridized carbons (Fsp3) is 0.333. The van der Waals surface area contributed by atoms with Crippen LogP contribution < -0.4 is 10.6 Å². The number of aromatic nitrogens is 2. The Morgan fingerprint density at radius 2 is 2.07 bits per heavy atom. The number of likely N-dealkylation sites (tertiary alicyclic amines) is 1. The molecule has 1 aliphatic heterocycles. The molecule has 3 heterocycles. The van der Waals surface area contributed by atoms with Crippen LogP contribution in [0.25, 0.3) is 10.7 Å². The number of piperidine rings is 1. The van der Waals surface area contributed by atoms with Crippen molar-refractivity contribution in [1.29, 1.82) is 0 Å². The summed E-state index contributed by atoms with van der Waals surface area (Å²) in [6, 6.07) is 11.1. The van der Waals surface area contributed by atoms with Gasteiger partial charge in [0.15, 0.2) is 0 Å². The van der Waals surface area contributed by atoms with Gasteiger partial charge in [0.25, 0.3) is 0 Å². The molecular formula is C21H23N5O3S. The minimum absolute atomic E-state index is 0.0236. The molecule has 1 aliphatic rings. The zero-order valence-corrected chi connectivity index (χ0v) is 17.4. The van der Waals surface area contributed by atoms with E-state index in [2.05, 4.69) is 25.7 Å². The molecule has 0 radical (unpaired) electrons. The second-order valence-corrected chi connectivity index (χ2v) is 8.26. The van der Waals surface area contributed by atoms with Crippen molar-refractivity contribution in [2.75, 3.05) is 23.7 Å². The van der Waals surface area contributed by atoms with Gasteiger partial charge in [0, 0.05) is 24.8 Å². The van der Waals surface area contributed by atoms with Gasteiger partial charge in [-0.3, -0.25) is 14.5 Å². The normalized spacial score (nSPS) is 16.9. The van der Waals surface area contributed by atoms with Crippen molar-refractivity contribution < 1.29 is 14.1 Å². The van der Waals surface area contributed by atoms with Crippen molar-refractivity contribution in [3.05, 3.63) is 47.7 Å². The van der Waals surface area contributed by atoms with Crippen LogP contribution in [0.1, 0.15) is 25.7 Å². The first kappa shape index (κ1) is 20.2. The molecule has 8 nitrogen and oxygen atoms in total. The first-order valence-corrected chi connectivity index (χ1v) is 10.7. The summed E-state index contributed by atoms with van der Waals surface area (Å²) in [5.41, 5.74) is 1.32. The summed E-state index contributed by atoms with van der Waals surface area (Å²) in [6.45, 7) is 3.50. The molecule has 1 fully saturated rings. The van der Waals surface area contributed by atoms with E-state index >= 15 is 0 Å². The highest BCUT2D eigenvalue weighted by Gasteiger charge is 2.27. The fourth-order valence-corrected chi connectivity index (χ4v) is 4.20. The Morgan fingerprint density at radius 1 is 1.23 bits per heavy atom. The second kappa shape index (κ2) is 9.19. The van der Waals surface area contributed by atoms with Crippen LogP contribution in [-0.2, 0) is 16.1 Å². The van der Waals surface area contributed by atoms with Crippen molar-refractivity contribution in [2.24, 2.45) is 5.92 Å². The van der Waals surface area contributed by atoms with Crippen LogP contribution in [0.4, 0.5) is 11.4 Å². The molecule has 9 heteroatoms. The Bertz CT molecular complexity index is 1020. The highest BCUT2D eigenvalue weighted by atomic mass is 32.1. The lowest BCUT2D eigenvalue weighted by molar-refractivity contribution is -0.121. The van der Waals surface area contributed by atoms with Crippen LogP contribution in [-0.4, -0.2) is 39.9 Å². The van der Waals surface area contributed by atoms with Gasteiger partial charge >= 0.3 is 0 Å². The molecule has 0 saturated carbocycles. The lowest BCUT2D eigenvalue weighted by Gasteiger charge is -2.30. The van der Waals surface area contributed by atoms with Crippen LogP contribution in [0.2, 0.25) is 0 Å². The molecule has 0 spiro atoms. The minimum Gasteiger partial charge on any atom is -0.338 e. The van der Waals surface area contributed by atoms with E-state index in [1.807, 2.05) is 23.6 Å². The molecule has 0 aliphatic carbocycles. The van der Waals surface area contributed by atoms with Crippen LogP contribution >= 0.6 is 11.3 Å². The van der Waals surface area contributed by atoms with Gasteiger partial charge in [0.1, 0.15) is 0 Å². The monoisotopic (exact) mass is 425 g/mol. The molecule has 1 saturated heterocycles. The molecule has 0 bridgehead atoms. The van der Waals surface area contributed by atoms with Gasteiger partial charge in [-0.25, -0.2) is 0 Å². The van der Waals surface area contributed by atoms with Crippen molar-refractivity contribution >= 4 is 34.5 Å². The van der Waals surface area contributed by atoms with Gasteiger partial charge in [-0.05, 0) is 49.0 Å². The number of amides is 2. The van der Waals surface area contributed by atoms with Crippen molar-refractivity contribution in [1.82, 2.24) is 15.0 Å². The SMILES string of the molecule is CC(=O)Nc1cccc(NC(=O)C2CCCN(Cc3nc(-c4cccs4)no3)C2)c1. The summed E-state index contributed by atoms with van der Waals surface area (Å²) in [7, 11) is 0. The van der Waals surface area contributed by atoms with Crippen molar-refractivity contribution in [2.45, 2.75) is 26.3 Å². The molecule has 2 aromatic heterocycles. The molecule has 4 rings (SSSR count). The third-order valence-electron chi connectivity index (χ3n) is 4.90. The Hall–Kier alpha value is -3.04. The zero-order valence-electron chi connectivity index (χ0n) is 16.6. The molecule has 1 atom stereocenters. The second-order valence-electron chi connectivity index (χ2n) is 7.31. The standard InChI is InChI=1S/C21H23N5O3S/c1-14(27)22-16-6-2-7-17(11-16)23-21(28)15-5-3-9-26(12-15)13-19-24-20(25-29-19)18-8-4-10-30-18/h2,4,6-8,10-11,15H,3,5,9,12-13H2,1H3,(H,22,27)(H,23,28). The molecule has 1 unspecified atom stereocenters. The predicted octanol–water partition coefficient (Wildman–Crippen LogP) is 3.61. The number of benzene rings is 1. The predicted molar refractivity (Wildman–Crippen MR) is 115 cm³/mol. The maximum atomic E-state index is 12.8. The molecule has 156 valence electrons. The average Bonchev–Trinajstić information content (AvgIpc) is 3.40. The molecule has 30 heavy (non-hydrogen) atoms. The topological polar surface area (TPSA) is 100 Å². The minimum atomic E-state index is -0.148. The number of nitrogens with one attached hydrogen (secondary N) is 2. The van der Waals surface area contributed by atoms with Gasteiger partial charge in [-0.1, -0.05) is 17.3 Å². The first-order valence-electron chi connectivity index (χ1n) is 9.84. The van der Waals surface area contributed by atoms with E-state index in [-0.39, 0.29) is 17.7 Å². The van der Waals surface area contributed by atoms with Crippen LogP contribution in [0.3, 0.4) is 0 Å². The van der Waals surface area contributed by atoms with E-state index in [1.165, 1.54) is 6.92 Å². The quantitative estimate of drug-likeness (QED) is 0.626. The third kappa shape index (κ3) is 5.11. The smallest absolute Gasteiger partial charge is 0.241 e. The fourth-order valence-electron chi connectivity index (χ4n) is 3.55. The summed E-state index contributed by atoms with van der Waals surface area (Å²) < 4.78 is 5.40. The Kier molecular flexibility index (Phi) is 6.20. The van der Waals surface area contributed by atoms with E-state index in [1.54, 1.807) is 29.5 Å². The van der Waals surface area contributed by atoms with Gasteiger partial charge in [-0.2, -0.15) is 4.98 Å². The van der Waals surface area contributed by atoms with Crippen molar-refractivity contribution in [3.8, 4) is 10.7 Å². The lowest BCUT2D eigenvalue weighted by Crippen LogP contribution is -2.40. The van der Waals surface area contributed by atoms with E-state index in [0.29, 0.717) is 36.2 Å². The van der Waals surface area contributed by atoms with E-state index in [9.17, 15) is 9.59 Å². The van der Waals surface area contributed by atoms with E-state index in [0.717, 1.165) is 24.3 Å². The number of hydrogen-bond acceptors (Lipinski definition) is 7. The molecule has 2 N–H and O–H groups in total. The number of rotatable bonds is 6. The third-order valence-corrected chi connectivity index (χ3v) is 5.76. The molecule has 2 amide bonds. The summed E-state index contributed by atoms with van der Waals surface area (Å²) >= 11 is 1.57. The molecule has 3 aromatic rings. The maximum absolute atomic E-state index is 12.8. The Balaban J connectivity index is 1.34. The number of thiophene rings is 1. The summed E-state index contributed by atoms with van der Waals surface area (Å²) in [4.78, 5) is 31.6. The van der Waals surface area contributed by atoms with Gasteiger partial charge in [0.2, 0.25) is 23.5 Å². The maximum Gasteiger partial charge on any atom is 0.241 e. The van der Waals surface area contributed by atoms with Gasteiger partial charge in [0.05, 0.1) is 17.3 Å². The largest absolute Gasteiger partial charge is 0.338 e. The number of anilines is 2. The number of carbonyl (C=O) groups excluding carboxylic acids is 2. The summed E-state index contributed by atoms with van der Waals surface area (Å²) in [5.74, 6) is 0.866. The van der Waals surface area contributed by atoms with E-state index < -0.39 is 0 Å². The highest BCUT2D eigenvalue weighted by molar-refractivity contribution is 7.13. The Labute approximate surface area is 178 Å².